The normalized spacial score (nSPS) is 24.5. The van der Waals surface area contributed by atoms with Crippen molar-refractivity contribution >= 4 is 51.7 Å². The largest absolute Gasteiger partial charge is 0.376 e. The molecule has 3 aliphatic rings. The Bertz CT molecular complexity index is 1180. The van der Waals surface area contributed by atoms with E-state index in [1.165, 1.54) is 16.2 Å². The van der Waals surface area contributed by atoms with Crippen LogP contribution in [-0.2, 0) is 14.3 Å². The number of pyridine rings is 1. The van der Waals surface area contributed by atoms with Gasteiger partial charge in [0.05, 0.1) is 29.2 Å². The van der Waals surface area contributed by atoms with Crippen LogP contribution >= 0.6 is 24.0 Å². The van der Waals surface area contributed by atoms with Crippen LogP contribution in [0.5, 0.6) is 0 Å². The lowest BCUT2D eigenvalue weighted by Crippen LogP contribution is -2.35. The monoisotopic (exact) mass is 486 g/mol. The molecule has 2 aromatic rings. The molecule has 174 valence electrons. The number of carbonyl (C=O) groups is 1. The zero-order chi connectivity index (χ0) is 22.9. The van der Waals surface area contributed by atoms with E-state index >= 15 is 0 Å². The number of fused-ring (bicyclic) bond motifs is 1. The summed E-state index contributed by atoms with van der Waals surface area (Å²) < 4.78 is 13.4. The Hall–Kier alpha value is -2.27. The van der Waals surface area contributed by atoms with Crippen LogP contribution in [0.3, 0.4) is 0 Å². The van der Waals surface area contributed by atoms with Crippen molar-refractivity contribution in [1.82, 2.24) is 14.3 Å². The highest BCUT2D eigenvalue weighted by Gasteiger charge is 2.35. The third-order valence-corrected chi connectivity index (χ3v) is 7.54. The van der Waals surface area contributed by atoms with E-state index in [4.69, 9.17) is 26.7 Å². The lowest BCUT2D eigenvalue weighted by Gasteiger charge is -2.18. The second-order valence-electron chi connectivity index (χ2n) is 8.51. The molecule has 3 saturated heterocycles. The SMILES string of the molecule is Cc1cccn2c(=O)c(/C=C3/SC(=S)N(C[C@@H]4CCCO4)C3=O)c(NC[C@H]3CCCO3)nc12. The number of nitrogens with zero attached hydrogens (tertiary/aromatic N) is 3. The molecule has 2 atom stereocenters. The van der Waals surface area contributed by atoms with Gasteiger partial charge in [0.2, 0.25) is 0 Å². The molecule has 33 heavy (non-hydrogen) atoms. The van der Waals surface area contributed by atoms with Gasteiger partial charge in [0.25, 0.3) is 11.5 Å². The third-order valence-electron chi connectivity index (χ3n) is 6.16. The molecular formula is C23H26N4O4S2. The second-order valence-corrected chi connectivity index (χ2v) is 10.2. The summed E-state index contributed by atoms with van der Waals surface area (Å²) in [6, 6.07) is 3.73. The van der Waals surface area contributed by atoms with Crippen LogP contribution in [0, 0.1) is 6.92 Å². The highest BCUT2D eigenvalue weighted by molar-refractivity contribution is 8.26. The fraction of sp³-hybridized carbons (Fsp3) is 0.478. The molecule has 0 aliphatic carbocycles. The van der Waals surface area contributed by atoms with E-state index in [9.17, 15) is 9.59 Å². The first kappa shape index (κ1) is 22.5. The number of hydrogen-bond donors (Lipinski definition) is 1. The molecule has 3 aliphatic heterocycles. The number of nitrogens with one attached hydrogen (secondary N) is 1. The van der Waals surface area contributed by atoms with Gasteiger partial charge < -0.3 is 14.8 Å². The number of amides is 1. The van der Waals surface area contributed by atoms with Crippen molar-refractivity contribution in [2.75, 3.05) is 31.6 Å². The molecule has 0 aromatic carbocycles. The maximum Gasteiger partial charge on any atom is 0.267 e. The predicted octanol–water partition coefficient (Wildman–Crippen LogP) is 2.97. The standard InChI is InChI=1S/C23H26N4O4S2/c1-14-5-2-8-26-20(14)25-19(24-12-15-6-3-9-30-15)17(21(26)28)11-18-22(29)27(23(32)33-18)13-16-7-4-10-31-16/h2,5,8,11,15-16,24H,3-4,6-7,9-10,12-13H2,1H3/b18-11+/t15-,16+/m1/s1. The molecule has 0 saturated carbocycles. The molecule has 5 rings (SSSR count). The number of thioether (sulfide) groups is 1. The van der Waals surface area contributed by atoms with Gasteiger partial charge in [0.15, 0.2) is 0 Å². The molecule has 2 aromatic heterocycles. The van der Waals surface area contributed by atoms with Crippen LogP contribution in [0.1, 0.15) is 36.8 Å². The van der Waals surface area contributed by atoms with Crippen LogP contribution in [0.4, 0.5) is 5.82 Å². The molecule has 0 radical (unpaired) electrons. The first-order valence-electron chi connectivity index (χ1n) is 11.3. The quantitative estimate of drug-likeness (QED) is 0.493. The number of thiocarbonyl (C=S) groups is 1. The highest BCUT2D eigenvalue weighted by atomic mass is 32.2. The molecule has 0 bridgehead atoms. The Morgan fingerprint density at radius 2 is 2.00 bits per heavy atom. The van der Waals surface area contributed by atoms with Gasteiger partial charge in [-0.15, -0.1) is 0 Å². The maximum absolute atomic E-state index is 13.5. The van der Waals surface area contributed by atoms with E-state index < -0.39 is 0 Å². The molecule has 0 unspecified atom stereocenters. The zero-order valence-electron chi connectivity index (χ0n) is 18.4. The Morgan fingerprint density at radius 3 is 2.73 bits per heavy atom. The molecule has 3 fully saturated rings. The minimum atomic E-state index is -0.233. The summed E-state index contributed by atoms with van der Waals surface area (Å²) >= 11 is 6.68. The van der Waals surface area contributed by atoms with Crippen LogP contribution in [-0.4, -0.2) is 63.0 Å². The predicted molar refractivity (Wildman–Crippen MR) is 133 cm³/mol. The highest BCUT2D eigenvalue weighted by Crippen LogP contribution is 2.34. The maximum atomic E-state index is 13.5. The van der Waals surface area contributed by atoms with Crippen molar-refractivity contribution in [2.45, 2.75) is 44.8 Å². The zero-order valence-corrected chi connectivity index (χ0v) is 20.0. The fourth-order valence-electron chi connectivity index (χ4n) is 4.37. The van der Waals surface area contributed by atoms with E-state index in [0.717, 1.165) is 37.9 Å². The number of ether oxygens (including phenoxy) is 2. The van der Waals surface area contributed by atoms with E-state index in [1.54, 1.807) is 17.2 Å². The number of anilines is 1. The molecule has 1 N–H and O–H groups in total. The first-order chi connectivity index (χ1) is 16.0. The molecule has 10 heteroatoms. The molecule has 5 heterocycles. The summed E-state index contributed by atoms with van der Waals surface area (Å²) in [5, 5.41) is 3.30. The lowest BCUT2D eigenvalue weighted by atomic mass is 10.2. The van der Waals surface area contributed by atoms with Gasteiger partial charge in [0.1, 0.15) is 15.8 Å². The average Bonchev–Trinajstić information content (AvgIpc) is 3.55. The summed E-state index contributed by atoms with van der Waals surface area (Å²) in [5.74, 6) is 0.258. The van der Waals surface area contributed by atoms with Gasteiger partial charge in [-0.3, -0.25) is 18.9 Å². The second kappa shape index (κ2) is 9.54. The van der Waals surface area contributed by atoms with Crippen LogP contribution < -0.4 is 10.9 Å². The fourth-order valence-corrected chi connectivity index (χ4v) is 5.63. The van der Waals surface area contributed by atoms with Crippen LogP contribution in [0.15, 0.2) is 28.0 Å². The smallest absolute Gasteiger partial charge is 0.267 e. The first-order valence-corrected chi connectivity index (χ1v) is 12.5. The van der Waals surface area contributed by atoms with Gasteiger partial charge in [-0.25, -0.2) is 4.98 Å². The number of hydrogen-bond acceptors (Lipinski definition) is 8. The van der Waals surface area contributed by atoms with E-state index in [1.807, 2.05) is 19.1 Å². The van der Waals surface area contributed by atoms with Gasteiger partial charge in [-0.05, 0) is 50.3 Å². The van der Waals surface area contributed by atoms with Crippen molar-refractivity contribution in [2.24, 2.45) is 0 Å². The van der Waals surface area contributed by atoms with Gasteiger partial charge in [0, 0.05) is 26.0 Å². The summed E-state index contributed by atoms with van der Waals surface area (Å²) in [6.45, 7) is 4.38. The minimum absolute atomic E-state index is 0.00595. The molecule has 8 nitrogen and oxygen atoms in total. The Labute approximate surface area is 201 Å². The van der Waals surface area contributed by atoms with Crippen LogP contribution in [0.25, 0.3) is 11.7 Å². The van der Waals surface area contributed by atoms with Crippen molar-refractivity contribution in [3.63, 3.8) is 0 Å². The summed E-state index contributed by atoms with van der Waals surface area (Å²) in [5.41, 5.74) is 1.58. The van der Waals surface area contributed by atoms with E-state index in [0.29, 0.717) is 46.0 Å². The Balaban J connectivity index is 1.50. The Kier molecular flexibility index (Phi) is 6.51. The summed E-state index contributed by atoms with van der Waals surface area (Å²) in [4.78, 5) is 33.3. The number of rotatable bonds is 6. The summed E-state index contributed by atoms with van der Waals surface area (Å²) in [7, 11) is 0. The average molecular weight is 487 g/mol. The number of carbonyl (C=O) groups excluding carboxylic acids is 1. The lowest BCUT2D eigenvalue weighted by molar-refractivity contribution is -0.123. The minimum Gasteiger partial charge on any atom is -0.376 e. The van der Waals surface area contributed by atoms with E-state index in [-0.39, 0.29) is 23.7 Å². The van der Waals surface area contributed by atoms with Gasteiger partial charge in [-0.1, -0.05) is 30.0 Å². The van der Waals surface area contributed by atoms with Crippen LogP contribution in [0.2, 0.25) is 0 Å². The molecule has 1 amide bonds. The van der Waals surface area contributed by atoms with Crippen molar-refractivity contribution in [1.29, 1.82) is 0 Å². The topological polar surface area (TPSA) is 85.2 Å². The molecule has 0 spiro atoms. The van der Waals surface area contributed by atoms with Gasteiger partial charge in [-0.2, -0.15) is 0 Å². The van der Waals surface area contributed by atoms with Gasteiger partial charge >= 0.3 is 0 Å². The molecular weight excluding hydrogens is 460 g/mol. The number of aryl methyl sites for hydroxylation is 1. The van der Waals surface area contributed by atoms with Crippen molar-refractivity contribution < 1.29 is 14.3 Å². The van der Waals surface area contributed by atoms with Crippen molar-refractivity contribution in [3.05, 3.63) is 44.7 Å². The van der Waals surface area contributed by atoms with E-state index in [2.05, 4.69) is 5.32 Å². The Morgan fingerprint density at radius 1 is 1.24 bits per heavy atom. The summed E-state index contributed by atoms with van der Waals surface area (Å²) in [6.07, 6.45) is 7.32. The number of aromatic nitrogens is 2. The third kappa shape index (κ3) is 4.57. The van der Waals surface area contributed by atoms with Crippen molar-refractivity contribution in [3.8, 4) is 0 Å².